The molecule has 0 aromatic carbocycles. The number of fused-ring (bicyclic) bond motifs is 2. The van der Waals surface area contributed by atoms with Crippen molar-refractivity contribution in [3.63, 3.8) is 0 Å². The number of nitrogens with zero attached hydrogens (tertiary/aromatic N) is 3. The summed E-state index contributed by atoms with van der Waals surface area (Å²) in [6.45, 7) is 0.223. The smallest absolute Gasteiger partial charge is 0.169 e. The Hall–Kier alpha value is -0.850. The van der Waals surface area contributed by atoms with Crippen molar-refractivity contribution in [2.45, 2.75) is 30.6 Å². The quantitative estimate of drug-likeness (QED) is 0.316. The molecular weight excluding hydrogens is 178 g/mol. The highest BCUT2D eigenvalue weighted by atomic mass is 16.7. The molecule has 0 saturated carbocycles. The lowest BCUT2D eigenvalue weighted by atomic mass is 10.00. The molecule has 2 heterocycles. The minimum absolute atomic E-state index is 0.223. The van der Waals surface area contributed by atoms with Crippen LogP contribution in [0.1, 0.15) is 0 Å². The molecule has 5 atom stereocenters. The molecule has 2 N–H and O–H groups in total. The van der Waals surface area contributed by atoms with E-state index in [4.69, 9.17) is 15.0 Å². The van der Waals surface area contributed by atoms with E-state index < -0.39 is 30.6 Å². The summed E-state index contributed by atoms with van der Waals surface area (Å²) >= 11 is 0. The zero-order valence-corrected chi connectivity index (χ0v) is 6.65. The molecule has 0 amide bonds. The summed E-state index contributed by atoms with van der Waals surface area (Å²) in [4.78, 5) is 2.55. The van der Waals surface area contributed by atoms with E-state index in [9.17, 15) is 10.2 Å². The van der Waals surface area contributed by atoms with Crippen LogP contribution >= 0.6 is 0 Å². The molecule has 72 valence electrons. The Morgan fingerprint density at radius 1 is 1.38 bits per heavy atom. The van der Waals surface area contributed by atoms with Gasteiger partial charge in [0.2, 0.25) is 0 Å². The third kappa shape index (κ3) is 1.27. The largest absolute Gasteiger partial charge is 0.390 e. The highest BCUT2D eigenvalue weighted by Gasteiger charge is 2.49. The molecule has 7 heteroatoms. The second-order valence-corrected chi connectivity index (χ2v) is 3.05. The van der Waals surface area contributed by atoms with Crippen molar-refractivity contribution in [2.75, 3.05) is 6.61 Å². The topological polar surface area (TPSA) is 108 Å². The summed E-state index contributed by atoms with van der Waals surface area (Å²) < 4.78 is 10.2. The third-order valence-corrected chi connectivity index (χ3v) is 2.28. The molecule has 2 bridgehead atoms. The van der Waals surface area contributed by atoms with Crippen LogP contribution in [0.2, 0.25) is 0 Å². The minimum Gasteiger partial charge on any atom is -0.390 e. The van der Waals surface area contributed by atoms with Gasteiger partial charge >= 0.3 is 0 Å². The van der Waals surface area contributed by atoms with Crippen molar-refractivity contribution >= 4 is 0 Å². The molecule has 0 radical (unpaired) electrons. The fourth-order valence-corrected chi connectivity index (χ4v) is 1.56. The number of hydrogen-bond acceptors (Lipinski definition) is 5. The molecular formula is C6H9N3O4. The van der Waals surface area contributed by atoms with E-state index in [1.165, 1.54) is 0 Å². The van der Waals surface area contributed by atoms with Crippen LogP contribution in [-0.4, -0.2) is 47.5 Å². The van der Waals surface area contributed by atoms with Gasteiger partial charge in [0.05, 0.1) is 12.7 Å². The SMILES string of the molecule is [N-]=[N+]=N[C@@H]1[C@@H]2OC[C@@H](O2)[C@@H](O)[C@@H]1O. The van der Waals surface area contributed by atoms with Gasteiger partial charge < -0.3 is 19.7 Å². The molecule has 2 aliphatic heterocycles. The lowest BCUT2D eigenvalue weighted by molar-refractivity contribution is -0.177. The van der Waals surface area contributed by atoms with Crippen molar-refractivity contribution in [2.24, 2.45) is 5.11 Å². The average molecular weight is 187 g/mol. The fraction of sp³-hybridized carbons (Fsp3) is 1.00. The molecule has 7 nitrogen and oxygen atoms in total. The van der Waals surface area contributed by atoms with Gasteiger partial charge in [0.15, 0.2) is 6.29 Å². The zero-order valence-electron chi connectivity index (χ0n) is 6.65. The molecule has 2 rings (SSSR count). The summed E-state index contributed by atoms with van der Waals surface area (Å²) in [6, 6.07) is -0.862. The molecule has 0 aromatic heterocycles. The maximum absolute atomic E-state index is 9.47. The zero-order chi connectivity index (χ0) is 9.42. The monoisotopic (exact) mass is 187 g/mol. The normalized spacial score (nSPS) is 48.6. The van der Waals surface area contributed by atoms with E-state index in [0.29, 0.717) is 0 Å². The molecule has 13 heavy (non-hydrogen) atoms. The highest BCUT2D eigenvalue weighted by Crippen LogP contribution is 2.29. The van der Waals surface area contributed by atoms with Crippen LogP contribution in [0.3, 0.4) is 0 Å². The Balaban J connectivity index is 2.21. The van der Waals surface area contributed by atoms with Gasteiger partial charge in [-0.3, -0.25) is 0 Å². The number of aliphatic hydroxyl groups is 2. The molecule has 0 aromatic rings. The van der Waals surface area contributed by atoms with Gasteiger partial charge in [0.1, 0.15) is 18.2 Å². The van der Waals surface area contributed by atoms with Gasteiger partial charge in [-0.05, 0) is 5.53 Å². The maximum Gasteiger partial charge on any atom is 0.169 e. The summed E-state index contributed by atoms with van der Waals surface area (Å²) in [7, 11) is 0. The van der Waals surface area contributed by atoms with Crippen molar-refractivity contribution in [3.05, 3.63) is 10.4 Å². The van der Waals surface area contributed by atoms with Gasteiger partial charge in [-0.2, -0.15) is 0 Å². The van der Waals surface area contributed by atoms with Crippen molar-refractivity contribution in [3.8, 4) is 0 Å². The average Bonchev–Trinajstić information content (AvgIpc) is 2.56. The first-order valence-corrected chi connectivity index (χ1v) is 3.91. The molecule has 2 saturated heterocycles. The van der Waals surface area contributed by atoms with Crippen molar-refractivity contribution in [1.29, 1.82) is 0 Å². The predicted molar refractivity (Wildman–Crippen MR) is 39.6 cm³/mol. The van der Waals surface area contributed by atoms with Gasteiger partial charge in [-0.1, -0.05) is 5.11 Å². The maximum atomic E-state index is 9.47. The van der Waals surface area contributed by atoms with E-state index in [1.54, 1.807) is 0 Å². The molecule has 0 spiro atoms. The Morgan fingerprint density at radius 2 is 2.15 bits per heavy atom. The van der Waals surface area contributed by atoms with E-state index in [1.807, 2.05) is 0 Å². The van der Waals surface area contributed by atoms with Crippen molar-refractivity contribution in [1.82, 2.24) is 0 Å². The number of ether oxygens (including phenoxy) is 2. The van der Waals surface area contributed by atoms with Gasteiger partial charge in [-0.25, -0.2) is 0 Å². The van der Waals surface area contributed by atoms with Crippen LogP contribution < -0.4 is 0 Å². The van der Waals surface area contributed by atoms with E-state index in [2.05, 4.69) is 10.0 Å². The van der Waals surface area contributed by atoms with Crippen LogP contribution in [0.25, 0.3) is 10.4 Å². The lowest BCUT2D eigenvalue weighted by Crippen LogP contribution is -2.52. The highest BCUT2D eigenvalue weighted by molar-refractivity contribution is 4.96. The summed E-state index contributed by atoms with van der Waals surface area (Å²) in [5, 5.41) is 22.2. The Kier molecular flexibility index (Phi) is 2.10. The van der Waals surface area contributed by atoms with E-state index in [0.717, 1.165) is 0 Å². The van der Waals surface area contributed by atoms with Gasteiger partial charge in [0.25, 0.3) is 0 Å². The van der Waals surface area contributed by atoms with Crippen LogP contribution in [0, 0.1) is 0 Å². The van der Waals surface area contributed by atoms with Crippen LogP contribution in [0.5, 0.6) is 0 Å². The van der Waals surface area contributed by atoms with E-state index in [-0.39, 0.29) is 6.61 Å². The Morgan fingerprint density at radius 3 is 2.85 bits per heavy atom. The minimum atomic E-state index is -1.11. The first-order chi connectivity index (χ1) is 6.24. The molecule has 2 aliphatic rings. The number of hydrogen-bond donors (Lipinski definition) is 2. The molecule has 0 aliphatic carbocycles. The number of aliphatic hydroxyl groups excluding tert-OH is 2. The molecule has 0 unspecified atom stereocenters. The number of azide groups is 1. The summed E-state index contributed by atoms with van der Waals surface area (Å²) in [5.74, 6) is 0. The second-order valence-electron chi connectivity index (χ2n) is 3.05. The van der Waals surface area contributed by atoms with Gasteiger partial charge in [-0.15, -0.1) is 0 Å². The molecule has 2 fully saturated rings. The van der Waals surface area contributed by atoms with Crippen molar-refractivity contribution < 1.29 is 19.7 Å². The first kappa shape index (κ1) is 8.74. The Bertz CT molecular complexity index is 254. The number of rotatable bonds is 1. The summed E-state index contributed by atoms with van der Waals surface area (Å²) in [5.41, 5.74) is 8.20. The predicted octanol–water partition coefficient (Wildman–Crippen LogP) is -0.858. The van der Waals surface area contributed by atoms with Crippen LogP contribution in [0.4, 0.5) is 0 Å². The van der Waals surface area contributed by atoms with Gasteiger partial charge in [0, 0.05) is 4.91 Å². The second kappa shape index (κ2) is 3.13. The first-order valence-electron chi connectivity index (χ1n) is 3.91. The van der Waals surface area contributed by atoms with Crippen LogP contribution in [0.15, 0.2) is 5.11 Å². The fourth-order valence-electron chi connectivity index (χ4n) is 1.56. The standard InChI is InChI=1S/C6H9N3O4/c7-9-8-3-5(11)4(10)2-1-12-6(3)13-2/h2-6,10-11H,1H2/t2-,3+,4-,5-,6-/m1/s1. The van der Waals surface area contributed by atoms with E-state index >= 15 is 0 Å². The Labute approximate surface area is 73.5 Å². The lowest BCUT2D eigenvalue weighted by Gasteiger charge is -2.32. The van der Waals surface area contributed by atoms with Crippen LogP contribution in [-0.2, 0) is 9.47 Å². The third-order valence-electron chi connectivity index (χ3n) is 2.28. The summed E-state index contributed by atoms with van der Waals surface area (Å²) in [6.07, 6.45) is -3.39.